The van der Waals surface area contributed by atoms with E-state index in [-0.39, 0.29) is 34.5 Å². The first-order valence-electron chi connectivity index (χ1n) is 8.71. The second-order valence-electron chi connectivity index (χ2n) is 6.98. The van der Waals surface area contributed by atoms with E-state index in [0.717, 1.165) is 5.56 Å². The molecule has 27 heavy (non-hydrogen) atoms. The number of hydrogen-bond donors (Lipinski definition) is 3. The Labute approximate surface area is 153 Å². The molecular formula is C19H19FN4O3. The molecule has 1 aromatic carbocycles. The van der Waals surface area contributed by atoms with Gasteiger partial charge < -0.3 is 15.4 Å². The number of carbonyl (C=O) groups excluding carboxylic acids is 1. The standard InChI is InChI=1S/C19H19FN4O3/c1-24-9-11(7-22-24)16(10-5-12(25)6-10)23-19(27)14-8-21-17-13(18(14)26)3-2-4-15(17)20/h2-4,7-10,12,16,25H,5-6H2,1H3,(H,21,26)(H,23,27). The lowest BCUT2D eigenvalue weighted by atomic mass is 9.75. The number of rotatable bonds is 4. The second kappa shape index (κ2) is 6.62. The van der Waals surface area contributed by atoms with Crippen molar-refractivity contribution in [2.75, 3.05) is 0 Å². The molecule has 2 aromatic heterocycles. The van der Waals surface area contributed by atoms with Crippen LogP contribution in [0.5, 0.6) is 0 Å². The molecule has 2 heterocycles. The van der Waals surface area contributed by atoms with E-state index in [1.165, 1.54) is 24.4 Å². The molecule has 0 radical (unpaired) electrons. The van der Waals surface area contributed by atoms with Crippen molar-refractivity contribution < 1.29 is 14.3 Å². The Bertz CT molecular complexity index is 1070. The normalized spacial score (nSPS) is 20.3. The van der Waals surface area contributed by atoms with Gasteiger partial charge in [-0.15, -0.1) is 0 Å². The van der Waals surface area contributed by atoms with Gasteiger partial charge in [-0.05, 0) is 30.9 Å². The number of nitrogens with zero attached hydrogens (tertiary/aromatic N) is 2. The number of fused-ring (bicyclic) bond motifs is 1. The quantitative estimate of drug-likeness (QED) is 0.650. The van der Waals surface area contributed by atoms with Crippen LogP contribution in [0.15, 0.2) is 41.6 Å². The lowest BCUT2D eigenvalue weighted by molar-refractivity contribution is 0.0235. The highest BCUT2D eigenvalue weighted by Gasteiger charge is 2.36. The lowest BCUT2D eigenvalue weighted by Gasteiger charge is -2.37. The monoisotopic (exact) mass is 370 g/mol. The summed E-state index contributed by atoms with van der Waals surface area (Å²) in [6, 6.07) is 3.80. The Hall–Kier alpha value is -3.00. The minimum atomic E-state index is -0.548. The fourth-order valence-corrected chi connectivity index (χ4v) is 3.58. The number of amides is 1. The third-order valence-electron chi connectivity index (χ3n) is 5.10. The number of H-pyrrole nitrogens is 1. The third kappa shape index (κ3) is 3.12. The summed E-state index contributed by atoms with van der Waals surface area (Å²) in [6.07, 6.45) is 5.46. The molecular weight excluding hydrogens is 351 g/mol. The van der Waals surface area contributed by atoms with Crippen LogP contribution >= 0.6 is 0 Å². The Balaban J connectivity index is 1.66. The summed E-state index contributed by atoms with van der Waals surface area (Å²) < 4.78 is 15.5. The highest BCUT2D eigenvalue weighted by Crippen LogP contribution is 2.38. The van der Waals surface area contributed by atoms with Crippen molar-refractivity contribution >= 4 is 16.8 Å². The maximum atomic E-state index is 13.8. The average Bonchev–Trinajstić information content (AvgIpc) is 3.04. The number of pyridine rings is 1. The van der Waals surface area contributed by atoms with Gasteiger partial charge in [0.05, 0.1) is 23.9 Å². The molecule has 7 nitrogen and oxygen atoms in total. The van der Waals surface area contributed by atoms with Gasteiger partial charge in [0.15, 0.2) is 0 Å². The number of hydrogen-bond acceptors (Lipinski definition) is 4. The predicted molar refractivity (Wildman–Crippen MR) is 96.7 cm³/mol. The maximum Gasteiger partial charge on any atom is 0.257 e. The van der Waals surface area contributed by atoms with E-state index in [1.54, 1.807) is 24.1 Å². The number of carbonyl (C=O) groups is 1. The zero-order valence-corrected chi connectivity index (χ0v) is 14.6. The van der Waals surface area contributed by atoms with Crippen LogP contribution in [0.3, 0.4) is 0 Å². The van der Waals surface area contributed by atoms with E-state index in [4.69, 9.17) is 0 Å². The first kappa shape index (κ1) is 17.4. The van der Waals surface area contributed by atoms with Crippen molar-refractivity contribution in [3.05, 3.63) is 64.0 Å². The van der Waals surface area contributed by atoms with Gasteiger partial charge in [0.1, 0.15) is 11.4 Å². The van der Waals surface area contributed by atoms with E-state index in [2.05, 4.69) is 15.4 Å². The van der Waals surface area contributed by atoms with Gasteiger partial charge >= 0.3 is 0 Å². The van der Waals surface area contributed by atoms with Gasteiger partial charge in [-0.25, -0.2) is 4.39 Å². The van der Waals surface area contributed by atoms with E-state index in [9.17, 15) is 19.1 Å². The zero-order valence-electron chi connectivity index (χ0n) is 14.6. The Morgan fingerprint density at radius 2 is 2.22 bits per heavy atom. The average molecular weight is 370 g/mol. The summed E-state index contributed by atoms with van der Waals surface area (Å²) in [5.74, 6) is -1.03. The number of halogens is 1. The first-order chi connectivity index (χ1) is 12.9. The molecule has 0 aliphatic heterocycles. The summed E-state index contributed by atoms with van der Waals surface area (Å²) in [5, 5.41) is 16.8. The number of nitrogens with one attached hydrogen (secondary N) is 2. The highest BCUT2D eigenvalue weighted by molar-refractivity contribution is 5.97. The predicted octanol–water partition coefficient (Wildman–Crippen LogP) is 1.64. The molecule has 1 aliphatic carbocycles. The van der Waals surface area contributed by atoms with Crippen molar-refractivity contribution in [3.63, 3.8) is 0 Å². The molecule has 3 N–H and O–H groups in total. The molecule has 4 rings (SSSR count). The summed E-state index contributed by atoms with van der Waals surface area (Å²) in [7, 11) is 1.78. The summed E-state index contributed by atoms with van der Waals surface area (Å²) >= 11 is 0. The number of para-hydroxylation sites is 1. The zero-order chi connectivity index (χ0) is 19.1. The minimum Gasteiger partial charge on any atom is -0.393 e. The number of aryl methyl sites for hydroxylation is 1. The topological polar surface area (TPSA) is 100 Å². The van der Waals surface area contributed by atoms with Gasteiger partial charge in [0, 0.05) is 30.4 Å². The fraction of sp³-hybridized carbons (Fsp3) is 0.316. The lowest BCUT2D eigenvalue weighted by Crippen LogP contribution is -2.42. The van der Waals surface area contributed by atoms with Crippen molar-refractivity contribution in [1.29, 1.82) is 0 Å². The van der Waals surface area contributed by atoms with Crippen LogP contribution in [-0.4, -0.2) is 31.9 Å². The first-order valence-corrected chi connectivity index (χ1v) is 8.71. The van der Waals surface area contributed by atoms with Crippen LogP contribution in [0.25, 0.3) is 10.9 Å². The number of aliphatic hydroxyl groups is 1. The van der Waals surface area contributed by atoms with Crippen LogP contribution in [0.4, 0.5) is 4.39 Å². The Morgan fingerprint density at radius 3 is 2.89 bits per heavy atom. The van der Waals surface area contributed by atoms with Crippen molar-refractivity contribution in [3.8, 4) is 0 Å². The molecule has 140 valence electrons. The number of aliphatic hydroxyl groups excluding tert-OH is 1. The van der Waals surface area contributed by atoms with E-state index in [0.29, 0.717) is 12.8 Å². The van der Waals surface area contributed by atoms with Crippen LogP contribution in [0.1, 0.15) is 34.8 Å². The molecule has 1 saturated carbocycles. The Kier molecular flexibility index (Phi) is 4.27. The van der Waals surface area contributed by atoms with E-state index in [1.807, 2.05) is 0 Å². The molecule has 1 fully saturated rings. The minimum absolute atomic E-state index is 0.0603. The maximum absolute atomic E-state index is 13.8. The smallest absolute Gasteiger partial charge is 0.257 e. The Morgan fingerprint density at radius 1 is 1.44 bits per heavy atom. The van der Waals surface area contributed by atoms with Gasteiger partial charge in [0.2, 0.25) is 5.43 Å². The van der Waals surface area contributed by atoms with Crippen molar-refractivity contribution in [2.24, 2.45) is 13.0 Å². The summed E-state index contributed by atoms with van der Waals surface area (Å²) in [5.41, 5.74) is 0.275. The fourth-order valence-electron chi connectivity index (χ4n) is 3.58. The molecule has 0 spiro atoms. The number of benzene rings is 1. The third-order valence-corrected chi connectivity index (χ3v) is 5.10. The van der Waals surface area contributed by atoms with E-state index < -0.39 is 17.2 Å². The highest BCUT2D eigenvalue weighted by atomic mass is 19.1. The molecule has 1 aliphatic rings. The van der Waals surface area contributed by atoms with Crippen LogP contribution in [-0.2, 0) is 7.05 Å². The number of aromatic amines is 1. The van der Waals surface area contributed by atoms with Crippen molar-refractivity contribution in [2.45, 2.75) is 25.0 Å². The van der Waals surface area contributed by atoms with Gasteiger partial charge in [-0.3, -0.25) is 14.3 Å². The molecule has 1 atom stereocenters. The van der Waals surface area contributed by atoms with Gasteiger partial charge in [0.25, 0.3) is 5.91 Å². The van der Waals surface area contributed by atoms with Crippen LogP contribution in [0, 0.1) is 11.7 Å². The molecule has 1 amide bonds. The van der Waals surface area contributed by atoms with E-state index >= 15 is 0 Å². The molecule has 0 bridgehead atoms. The van der Waals surface area contributed by atoms with Crippen molar-refractivity contribution in [1.82, 2.24) is 20.1 Å². The van der Waals surface area contributed by atoms with Crippen LogP contribution < -0.4 is 10.7 Å². The second-order valence-corrected chi connectivity index (χ2v) is 6.98. The molecule has 0 saturated heterocycles. The number of aromatic nitrogens is 3. The molecule has 8 heteroatoms. The van der Waals surface area contributed by atoms with Gasteiger partial charge in [-0.2, -0.15) is 5.10 Å². The summed E-state index contributed by atoms with van der Waals surface area (Å²) in [4.78, 5) is 28.1. The van der Waals surface area contributed by atoms with Crippen LogP contribution in [0.2, 0.25) is 0 Å². The summed E-state index contributed by atoms with van der Waals surface area (Å²) in [6.45, 7) is 0. The molecule has 3 aromatic rings. The largest absolute Gasteiger partial charge is 0.393 e. The van der Waals surface area contributed by atoms with Gasteiger partial charge in [-0.1, -0.05) is 6.07 Å². The molecule has 1 unspecified atom stereocenters. The SMILES string of the molecule is Cn1cc(C(NC(=O)c2c[nH]c3c(F)cccc3c2=O)C2CC(O)C2)cn1.